The molecule has 0 aromatic rings. The molecule has 0 fully saturated rings. The molecule has 0 aliphatic carbocycles. The Morgan fingerprint density at radius 1 is 1.43 bits per heavy atom. The van der Waals surface area contributed by atoms with E-state index < -0.39 is 0 Å². The minimum atomic E-state index is 0.165. The molecule has 1 amide bonds. The van der Waals surface area contributed by atoms with E-state index in [1.54, 1.807) is 0 Å². The standard InChI is InChI=1S/C11H24N2O/c1-4-7-10(3)11(14)13(5-2)9-6-8-12/h10H,4-9,12H2,1-3H3. The maximum atomic E-state index is 11.9. The number of carbonyl (C=O) groups is 1. The van der Waals surface area contributed by atoms with E-state index in [2.05, 4.69) is 6.92 Å². The number of nitrogens with two attached hydrogens (primary N) is 1. The van der Waals surface area contributed by atoms with E-state index in [9.17, 15) is 4.79 Å². The molecule has 0 heterocycles. The van der Waals surface area contributed by atoms with Gasteiger partial charge < -0.3 is 10.6 Å². The van der Waals surface area contributed by atoms with Crippen LogP contribution in [0.4, 0.5) is 0 Å². The van der Waals surface area contributed by atoms with E-state index in [4.69, 9.17) is 5.73 Å². The van der Waals surface area contributed by atoms with Crippen molar-refractivity contribution in [1.82, 2.24) is 4.90 Å². The first-order valence-electron chi connectivity index (χ1n) is 5.66. The molecule has 0 bridgehead atoms. The summed E-state index contributed by atoms with van der Waals surface area (Å²) in [6.07, 6.45) is 2.96. The van der Waals surface area contributed by atoms with Crippen molar-refractivity contribution >= 4 is 5.91 Å². The van der Waals surface area contributed by atoms with Crippen LogP contribution in [0.3, 0.4) is 0 Å². The minimum absolute atomic E-state index is 0.165. The first-order valence-corrected chi connectivity index (χ1v) is 5.66. The zero-order valence-corrected chi connectivity index (χ0v) is 9.75. The van der Waals surface area contributed by atoms with Gasteiger partial charge in [-0.25, -0.2) is 0 Å². The molecule has 0 aromatic heterocycles. The Hall–Kier alpha value is -0.570. The summed E-state index contributed by atoms with van der Waals surface area (Å²) in [4.78, 5) is 13.8. The minimum Gasteiger partial charge on any atom is -0.343 e. The summed E-state index contributed by atoms with van der Waals surface area (Å²) in [6, 6.07) is 0. The third-order valence-electron chi connectivity index (χ3n) is 2.47. The molecule has 1 atom stereocenters. The van der Waals surface area contributed by atoms with Crippen molar-refractivity contribution in [1.29, 1.82) is 0 Å². The quantitative estimate of drug-likeness (QED) is 0.679. The van der Waals surface area contributed by atoms with Gasteiger partial charge in [-0.3, -0.25) is 4.79 Å². The van der Waals surface area contributed by atoms with E-state index in [1.807, 2.05) is 18.7 Å². The summed E-state index contributed by atoms with van der Waals surface area (Å²) in [6.45, 7) is 8.41. The lowest BCUT2D eigenvalue weighted by molar-refractivity contribution is -0.135. The summed E-state index contributed by atoms with van der Waals surface area (Å²) < 4.78 is 0. The van der Waals surface area contributed by atoms with Crippen LogP contribution in [0.2, 0.25) is 0 Å². The van der Waals surface area contributed by atoms with Crippen molar-refractivity contribution in [3.63, 3.8) is 0 Å². The van der Waals surface area contributed by atoms with Crippen LogP contribution in [-0.4, -0.2) is 30.4 Å². The molecule has 3 heteroatoms. The van der Waals surface area contributed by atoms with Gasteiger partial charge in [0.1, 0.15) is 0 Å². The van der Waals surface area contributed by atoms with Crippen LogP contribution in [-0.2, 0) is 4.79 Å². The number of carbonyl (C=O) groups excluding carboxylic acids is 1. The Kier molecular flexibility index (Phi) is 7.48. The van der Waals surface area contributed by atoms with Gasteiger partial charge in [-0.1, -0.05) is 20.3 Å². The van der Waals surface area contributed by atoms with Gasteiger partial charge in [-0.2, -0.15) is 0 Å². The maximum Gasteiger partial charge on any atom is 0.225 e. The Labute approximate surface area is 87.6 Å². The number of amides is 1. The van der Waals surface area contributed by atoms with Crippen molar-refractivity contribution in [2.45, 2.75) is 40.0 Å². The van der Waals surface area contributed by atoms with Crippen LogP contribution in [0.1, 0.15) is 40.0 Å². The molecule has 0 radical (unpaired) electrons. The predicted octanol–water partition coefficient (Wildman–Crippen LogP) is 1.62. The van der Waals surface area contributed by atoms with Gasteiger partial charge in [0, 0.05) is 19.0 Å². The number of hydrogen-bond donors (Lipinski definition) is 1. The SMILES string of the molecule is CCCC(C)C(=O)N(CC)CCCN. The first-order chi connectivity index (χ1) is 6.67. The lowest BCUT2D eigenvalue weighted by Crippen LogP contribution is -2.36. The molecular weight excluding hydrogens is 176 g/mol. The molecule has 2 N–H and O–H groups in total. The van der Waals surface area contributed by atoms with Crippen molar-refractivity contribution in [3.05, 3.63) is 0 Å². The highest BCUT2D eigenvalue weighted by Crippen LogP contribution is 2.09. The van der Waals surface area contributed by atoms with Gasteiger partial charge in [0.15, 0.2) is 0 Å². The molecule has 0 saturated heterocycles. The number of nitrogens with zero attached hydrogens (tertiary/aromatic N) is 1. The van der Waals surface area contributed by atoms with Gasteiger partial charge >= 0.3 is 0 Å². The Morgan fingerprint density at radius 2 is 2.07 bits per heavy atom. The van der Waals surface area contributed by atoms with E-state index >= 15 is 0 Å². The van der Waals surface area contributed by atoms with Gasteiger partial charge in [-0.15, -0.1) is 0 Å². The fourth-order valence-corrected chi connectivity index (χ4v) is 1.57. The van der Waals surface area contributed by atoms with Gasteiger partial charge in [0.05, 0.1) is 0 Å². The van der Waals surface area contributed by atoms with Gasteiger partial charge in [-0.05, 0) is 26.3 Å². The average Bonchev–Trinajstić information content (AvgIpc) is 2.19. The smallest absolute Gasteiger partial charge is 0.225 e. The fraction of sp³-hybridized carbons (Fsp3) is 0.909. The highest BCUT2D eigenvalue weighted by molar-refractivity contribution is 5.78. The Balaban J connectivity index is 4.01. The third kappa shape index (κ3) is 4.61. The normalized spacial score (nSPS) is 12.6. The lowest BCUT2D eigenvalue weighted by Gasteiger charge is -2.24. The lowest BCUT2D eigenvalue weighted by atomic mass is 10.0. The molecule has 3 nitrogen and oxygen atoms in total. The monoisotopic (exact) mass is 200 g/mol. The van der Waals surface area contributed by atoms with Gasteiger partial charge in [0.25, 0.3) is 0 Å². The summed E-state index contributed by atoms with van der Waals surface area (Å²) in [5.41, 5.74) is 5.43. The van der Waals surface area contributed by atoms with Crippen LogP contribution in [0, 0.1) is 5.92 Å². The fourth-order valence-electron chi connectivity index (χ4n) is 1.57. The van der Waals surface area contributed by atoms with Crippen molar-refractivity contribution in [2.75, 3.05) is 19.6 Å². The van der Waals surface area contributed by atoms with Crippen molar-refractivity contribution in [2.24, 2.45) is 11.7 Å². The first kappa shape index (κ1) is 13.4. The molecule has 0 spiro atoms. The third-order valence-corrected chi connectivity index (χ3v) is 2.47. The summed E-state index contributed by atoms with van der Waals surface area (Å²) in [5.74, 6) is 0.445. The number of hydrogen-bond acceptors (Lipinski definition) is 2. The van der Waals surface area contributed by atoms with E-state index in [0.717, 1.165) is 32.4 Å². The molecule has 0 aliphatic rings. The topological polar surface area (TPSA) is 46.3 Å². The van der Waals surface area contributed by atoms with E-state index in [1.165, 1.54) is 0 Å². The molecule has 0 aliphatic heterocycles. The second-order valence-corrected chi connectivity index (χ2v) is 3.75. The van der Waals surface area contributed by atoms with E-state index in [-0.39, 0.29) is 11.8 Å². The summed E-state index contributed by atoms with van der Waals surface area (Å²) >= 11 is 0. The zero-order valence-electron chi connectivity index (χ0n) is 9.75. The molecule has 14 heavy (non-hydrogen) atoms. The van der Waals surface area contributed by atoms with Crippen molar-refractivity contribution < 1.29 is 4.79 Å². The largest absolute Gasteiger partial charge is 0.343 e. The van der Waals surface area contributed by atoms with E-state index in [0.29, 0.717) is 6.54 Å². The highest BCUT2D eigenvalue weighted by atomic mass is 16.2. The molecular formula is C11H24N2O. The van der Waals surface area contributed by atoms with Crippen LogP contribution < -0.4 is 5.73 Å². The predicted molar refractivity (Wildman–Crippen MR) is 60.0 cm³/mol. The second-order valence-electron chi connectivity index (χ2n) is 3.75. The van der Waals surface area contributed by atoms with Crippen molar-refractivity contribution in [3.8, 4) is 0 Å². The Morgan fingerprint density at radius 3 is 2.50 bits per heavy atom. The van der Waals surface area contributed by atoms with Crippen LogP contribution in [0.5, 0.6) is 0 Å². The Bertz CT molecular complexity index is 159. The second kappa shape index (κ2) is 7.80. The summed E-state index contributed by atoms with van der Waals surface area (Å²) in [5, 5.41) is 0. The van der Waals surface area contributed by atoms with Crippen LogP contribution >= 0.6 is 0 Å². The van der Waals surface area contributed by atoms with Crippen LogP contribution in [0.25, 0.3) is 0 Å². The number of rotatable bonds is 7. The summed E-state index contributed by atoms with van der Waals surface area (Å²) in [7, 11) is 0. The molecule has 0 aromatic carbocycles. The average molecular weight is 200 g/mol. The molecule has 84 valence electrons. The highest BCUT2D eigenvalue weighted by Gasteiger charge is 2.17. The maximum absolute atomic E-state index is 11.9. The zero-order chi connectivity index (χ0) is 11.0. The molecule has 1 unspecified atom stereocenters. The van der Waals surface area contributed by atoms with Gasteiger partial charge in [0.2, 0.25) is 5.91 Å². The molecule has 0 saturated carbocycles. The van der Waals surface area contributed by atoms with Crippen LogP contribution in [0.15, 0.2) is 0 Å². The molecule has 0 rings (SSSR count).